The number of benzene rings is 1. The standard InChI is InChI=1S/C16H20F2N2O3/c1-22-13-4-2-3-10-7-12(9-23-14(10)13)20-15(21)19-6-5-11-8-16(11,17)18/h2-4,11-12H,5-9H2,1H3,(H2,19,20,21). The van der Waals surface area contributed by atoms with E-state index < -0.39 is 11.8 Å². The summed E-state index contributed by atoms with van der Waals surface area (Å²) in [5.74, 6) is -1.72. The Hall–Kier alpha value is -2.05. The van der Waals surface area contributed by atoms with Gasteiger partial charge in [-0.3, -0.25) is 0 Å². The van der Waals surface area contributed by atoms with Crippen molar-refractivity contribution in [2.24, 2.45) is 5.92 Å². The Morgan fingerprint density at radius 2 is 2.26 bits per heavy atom. The number of ether oxygens (including phenoxy) is 2. The van der Waals surface area contributed by atoms with Crippen molar-refractivity contribution in [1.29, 1.82) is 0 Å². The Kier molecular flexibility index (Phi) is 4.28. The molecule has 3 rings (SSSR count). The highest BCUT2D eigenvalue weighted by Gasteiger charge is 2.55. The smallest absolute Gasteiger partial charge is 0.315 e. The van der Waals surface area contributed by atoms with Gasteiger partial charge in [-0.2, -0.15) is 0 Å². The SMILES string of the molecule is COc1cccc2c1OCC(NC(=O)NCCC1CC1(F)F)C2. The van der Waals surface area contributed by atoms with Gasteiger partial charge in [0.15, 0.2) is 11.5 Å². The van der Waals surface area contributed by atoms with Gasteiger partial charge in [0.1, 0.15) is 6.61 Å². The highest BCUT2D eigenvalue weighted by molar-refractivity contribution is 5.74. The van der Waals surface area contributed by atoms with Gasteiger partial charge in [0, 0.05) is 24.4 Å². The summed E-state index contributed by atoms with van der Waals surface area (Å²) in [6.07, 6.45) is 0.883. The number of amides is 2. The maximum Gasteiger partial charge on any atom is 0.315 e. The fourth-order valence-electron chi connectivity index (χ4n) is 2.83. The largest absolute Gasteiger partial charge is 0.493 e. The number of alkyl halides is 2. The van der Waals surface area contributed by atoms with E-state index in [-0.39, 0.29) is 25.0 Å². The molecular weight excluding hydrogens is 306 g/mol. The Morgan fingerprint density at radius 3 is 2.96 bits per heavy atom. The number of para-hydroxylation sites is 1. The van der Waals surface area contributed by atoms with Crippen LogP contribution in [-0.2, 0) is 6.42 Å². The third-order valence-electron chi connectivity index (χ3n) is 4.24. The van der Waals surface area contributed by atoms with Gasteiger partial charge in [0.05, 0.1) is 13.2 Å². The van der Waals surface area contributed by atoms with Crippen LogP contribution in [-0.4, -0.2) is 38.3 Å². The van der Waals surface area contributed by atoms with Gasteiger partial charge >= 0.3 is 6.03 Å². The molecule has 5 nitrogen and oxygen atoms in total. The minimum Gasteiger partial charge on any atom is -0.493 e. The molecule has 0 spiro atoms. The van der Waals surface area contributed by atoms with Crippen LogP contribution in [0.25, 0.3) is 0 Å². The quantitative estimate of drug-likeness (QED) is 0.873. The molecular formula is C16H20F2N2O3. The van der Waals surface area contributed by atoms with E-state index in [0.717, 1.165) is 5.56 Å². The lowest BCUT2D eigenvalue weighted by atomic mass is 10.0. The molecule has 1 fully saturated rings. The molecule has 7 heteroatoms. The lowest BCUT2D eigenvalue weighted by Gasteiger charge is -2.27. The van der Waals surface area contributed by atoms with E-state index >= 15 is 0 Å². The fourth-order valence-corrected chi connectivity index (χ4v) is 2.83. The van der Waals surface area contributed by atoms with E-state index in [1.54, 1.807) is 7.11 Å². The number of carbonyl (C=O) groups excluding carboxylic acids is 1. The lowest BCUT2D eigenvalue weighted by molar-refractivity contribution is 0.0970. The molecule has 2 unspecified atom stereocenters. The third kappa shape index (κ3) is 3.65. The summed E-state index contributed by atoms with van der Waals surface area (Å²) in [6, 6.07) is 5.12. The molecule has 2 atom stereocenters. The molecule has 1 aliphatic carbocycles. The van der Waals surface area contributed by atoms with Gasteiger partial charge in [-0.15, -0.1) is 0 Å². The molecule has 2 amide bonds. The van der Waals surface area contributed by atoms with E-state index in [9.17, 15) is 13.6 Å². The predicted molar refractivity (Wildman–Crippen MR) is 80.2 cm³/mol. The number of hydrogen-bond donors (Lipinski definition) is 2. The van der Waals surface area contributed by atoms with Gasteiger partial charge in [-0.25, -0.2) is 13.6 Å². The van der Waals surface area contributed by atoms with Crippen LogP contribution in [0, 0.1) is 5.92 Å². The molecule has 1 aromatic rings. The van der Waals surface area contributed by atoms with Crippen molar-refractivity contribution in [2.45, 2.75) is 31.2 Å². The molecule has 1 aromatic carbocycles. The van der Waals surface area contributed by atoms with Gasteiger partial charge in [-0.05, 0) is 18.9 Å². The van der Waals surface area contributed by atoms with Crippen molar-refractivity contribution in [3.8, 4) is 11.5 Å². The van der Waals surface area contributed by atoms with Crippen molar-refractivity contribution >= 4 is 6.03 Å². The normalized spacial score (nSPS) is 24.1. The number of rotatable bonds is 5. The summed E-state index contributed by atoms with van der Waals surface area (Å²) in [5.41, 5.74) is 0.971. The molecule has 2 aliphatic rings. The van der Waals surface area contributed by atoms with Crippen LogP contribution in [0.3, 0.4) is 0 Å². The average Bonchev–Trinajstić information content (AvgIpc) is 3.13. The first-order chi connectivity index (χ1) is 11.0. The van der Waals surface area contributed by atoms with Crippen LogP contribution in [0.15, 0.2) is 18.2 Å². The van der Waals surface area contributed by atoms with Crippen molar-refractivity contribution in [2.75, 3.05) is 20.3 Å². The molecule has 0 saturated heterocycles. The molecule has 1 saturated carbocycles. The van der Waals surface area contributed by atoms with E-state index in [1.807, 2.05) is 18.2 Å². The minimum absolute atomic E-state index is 0.0641. The zero-order valence-electron chi connectivity index (χ0n) is 12.9. The van der Waals surface area contributed by atoms with E-state index in [4.69, 9.17) is 9.47 Å². The van der Waals surface area contributed by atoms with Gasteiger partial charge < -0.3 is 20.1 Å². The first-order valence-corrected chi connectivity index (χ1v) is 7.70. The topological polar surface area (TPSA) is 59.6 Å². The summed E-state index contributed by atoms with van der Waals surface area (Å²) in [6.45, 7) is 0.603. The second-order valence-electron chi connectivity index (χ2n) is 6.01. The second kappa shape index (κ2) is 6.22. The Bertz CT molecular complexity index is 595. The number of methoxy groups -OCH3 is 1. The molecule has 126 valence electrons. The predicted octanol–water partition coefficient (Wildman–Crippen LogP) is 2.34. The van der Waals surface area contributed by atoms with Gasteiger partial charge in [-0.1, -0.05) is 12.1 Å². The first kappa shape index (κ1) is 15.8. The van der Waals surface area contributed by atoms with Crippen LogP contribution in [0.2, 0.25) is 0 Å². The molecule has 1 heterocycles. The number of hydrogen-bond acceptors (Lipinski definition) is 3. The van der Waals surface area contributed by atoms with E-state index in [2.05, 4.69) is 10.6 Å². The summed E-state index contributed by atoms with van der Waals surface area (Å²) in [7, 11) is 1.58. The Balaban J connectivity index is 1.45. The molecule has 0 aromatic heterocycles. The zero-order chi connectivity index (χ0) is 16.4. The van der Waals surface area contributed by atoms with Crippen molar-refractivity contribution in [3.05, 3.63) is 23.8 Å². The van der Waals surface area contributed by atoms with Gasteiger partial charge in [0.2, 0.25) is 0 Å². The van der Waals surface area contributed by atoms with Crippen LogP contribution in [0.5, 0.6) is 11.5 Å². The summed E-state index contributed by atoms with van der Waals surface area (Å²) < 4.78 is 36.4. The number of nitrogens with one attached hydrogen (secondary N) is 2. The second-order valence-corrected chi connectivity index (χ2v) is 6.01. The van der Waals surface area contributed by atoms with Crippen molar-refractivity contribution < 1.29 is 23.0 Å². The molecule has 1 aliphatic heterocycles. The lowest BCUT2D eigenvalue weighted by Crippen LogP contribution is -2.47. The van der Waals surface area contributed by atoms with Crippen LogP contribution >= 0.6 is 0 Å². The van der Waals surface area contributed by atoms with Crippen molar-refractivity contribution in [3.63, 3.8) is 0 Å². The zero-order valence-corrected chi connectivity index (χ0v) is 12.9. The number of halogens is 2. The van der Waals surface area contributed by atoms with E-state index in [0.29, 0.717) is 30.9 Å². The number of fused-ring (bicyclic) bond motifs is 1. The Labute approximate surface area is 133 Å². The molecule has 0 radical (unpaired) electrons. The fraction of sp³-hybridized carbons (Fsp3) is 0.562. The highest BCUT2D eigenvalue weighted by atomic mass is 19.3. The van der Waals surface area contributed by atoms with Crippen LogP contribution in [0.4, 0.5) is 13.6 Å². The van der Waals surface area contributed by atoms with Crippen LogP contribution in [0.1, 0.15) is 18.4 Å². The average molecular weight is 326 g/mol. The van der Waals surface area contributed by atoms with Crippen LogP contribution < -0.4 is 20.1 Å². The molecule has 23 heavy (non-hydrogen) atoms. The maximum absolute atomic E-state index is 12.7. The van der Waals surface area contributed by atoms with Crippen molar-refractivity contribution in [1.82, 2.24) is 10.6 Å². The Morgan fingerprint density at radius 1 is 1.48 bits per heavy atom. The maximum atomic E-state index is 12.7. The number of urea groups is 1. The molecule has 2 N–H and O–H groups in total. The monoisotopic (exact) mass is 326 g/mol. The first-order valence-electron chi connectivity index (χ1n) is 7.70. The number of carbonyl (C=O) groups is 1. The minimum atomic E-state index is -2.53. The highest BCUT2D eigenvalue weighted by Crippen LogP contribution is 2.50. The van der Waals surface area contributed by atoms with Gasteiger partial charge in [0.25, 0.3) is 5.92 Å². The summed E-state index contributed by atoms with van der Waals surface area (Å²) in [5, 5.41) is 5.43. The summed E-state index contributed by atoms with van der Waals surface area (Å²) >= 11 is 0. The summed E-state index contributed by atoms with van der Waals surface area (Å²) in [4.78, 5) is 11.8. The molecule has 0 bridgehead atoms. The van der Waals surface area contributed by atoms with E-state index in [1.165, 1.54) is 0 Å². The third-order valence-corrected chi connectivity index (χ3v) is 4.24.